The number of benzene rings is 1. The predicted octanol–water partition coefficient (Wildman–Crippen LogP) is 8.34. The Bertz CT molecular complexity index is 1180. The molecule has 0 heterocycles. The number of ether oxygens (including phenoxy) is 1. The van der Waals surface area contributed by atoms with Crippen LogP contribution >= 0.6 is 0 Å². The molecule has 1 aromatic rings. The second kappa shape index (κ2) is 11.6. The molecule has 5 aliphatic rings. The Morgan fingerprint density at radius 3 is 2.40 bits per heavy atom. The molecule has 0 aliphatic heterocycles. The topological polar surface area (TPSA) is 58.6 Å². The summed E-state index contributed by atoms with van der Waals surface area (Å²) in [5, 5.41) is 14.9. The molecule has 2 N–H and O–H groups in total. The molecule has 5 fully saturated rings. The van der Waals surface area contributed by atoms with Gasteiger partial charge in [0.15, 0.2) is 0 Å². The first kappa shape index (κ1) is 31.3. The van der Waals surface area contributed by atoms with Gasteiger partial charge in [-0.25, -0.2) is 0 Å². The first-order valence-electron chi connectivity index (χ1n) is 17.7. The highest BCUT2D eigenvalue weighted by atomic mass is 16.5. The maximum absolute atomic E-state index is 13.6. The van der Waals surface area contributed by atoms with Gasteiger partial charge in [0.05, 0.1) is 18.6 Å². The largest absolute Gasteiger partial charge is 0.469 e. The van der Waals surface area contributed by atoms with Crippen molar-refractivity contribution in [1.82, 2.24) is 5.32 Å². The van der Waals surface area contributed by atoms with E-state index >= 15 is 0 Å². The summed E-state index contributed by atoms with van der Waals surface area (Å²) in [7, 11) is 1.60. The Hall–Kier alpha value is -1.65. The normalized spacial score (nSPS) is 45.9. The van der Waals surface area contributed by atoms with Crippen molar-refractivity contribution in [2.75, 3.05) is 13.7 Å². The average molecular weight is 590 g/mol. The van der Waals surface area contributed by atoms with Crippen molar-refractivity contribution < 1.29 is 14.6 Å². The molecule has 0 spiro atoms. The van der Waals surface area contributed by atoms with E-state index in [9.17, 15) is 9.90 Å². The van der Waals surface area contributed by atoms with E-state index in [-0.39, 0.29) is 33.7 Å². The zero-order chi connectivity index (χ0) is 30.6. The van der Waals surface area contributed by atoms with Crippen molar-refractivity contribution >= 4 is 5.97 Å². The Kier molecular flexibility index (Phi) is 8.46. The summed E-state index contributed by atoms with van der Waals surface area (Å²) in [5.74, 6) is 3.30. The lowest BCUT2D eigenvalue weighted by molar-refractivity contribution is -0.229. The summed E-state index contributed by atoms with van der Waals surface area (Å²) >= 11 is 0. The molecule has 0 bridgehead atoms. The van der Waals surface area contributed by atoms with Gasteiger partial charge < -0.3 is 15.2 Å². The van der Waals surface area contributed by atoms with Crippen molar-refractivity contribution in [2.24, 2.45) is 57.2 Å². The van der Waals surface area contributed by atoms with Crippen LogP contribution in [0, 0.1) is 57.2 Å². The van der Waals surface area contributed by atoms with Crippen molar-refractivity contribution in [3.05, 3.63) is 48.0 Å². The number of aliphatic hydroxyl groups is 1. The number of carbonyl (C=O) groups is 1. The molecule has 0 aromatic heterocycles. The third-order valence-corrected chi connectivity index (χ3v) is 15.0. The van der Waals surface area contributed by atoms with Gasteiger partial charge in [-0.15, -0.1) is 0 Å². The predicted molar refractivity (Wildman–Crippen MR) is 174 cm³/mol. The zero-order valence-corrected chi connectivity index (χ0v) is 27.8. The van der Waals surface area contributed by atoms with Gasteiger partial charge >= 0.3 is 5.97 Å². The maximum Gasteiger partial charge on any atom is 0.312 e. The molecule has 238 valence electrons. The van der Waals surface area contributed by atoms with E-state index < -0.39 is 0 Å². The standard InChI is InChI=1S/C39H59NO3/c1-26(2)30-17-21-39(35(42)43-6)23-22-37(4)32(34(30)39)14-15-33-36(3)19-16-29(41)13-12-28(31(36)18-20-38(33,37)5)25-40-24-27-10-8-7-9-11-27/h7-11,28-34,40-41H,1,12-25H2,2-6H3/t28?,29-,30+,31?,32?,33?,34?,36+,37-,38-,39?/m1/s1. The highest BCUT2D eigenvalue weighted by Crippen LogP contribution is 2.76. The minimum Gasteiger partial charge on any atom is -0.469 e. The van der Waals surface area contributed by atoms with Crippen molar-refractivity contribution in [3.8, 4) is 0 Å². The molecule has 0 amide bonds. The van der Waals surface area contributed by atoms with Gasteiger partial charge in [0, 0.05) is 6.54 Å². The van der Waals surface area contributed by atoms with Crippen molar-refractivity contribution in [2.45, 2.75) is 117 Å². The van der Waals surface area contributed by atoms with Gasteiger partial charge in [-0.05, 0) is 148 Å². The molecule has 0 saturated heterocycles. The van der Waals surface area contributed by atoms with Crippen LogP contribution in [0.2, 0.25) is 0 Å². The van der Waals surface area contributed by atoms with Crippen LogP contribution in [-0.4, -0.2) is 30.8 Å². The highest BCUT2D eigenvalue weighted by Gasteiger charge is 2.71. The van der Waals surface area contributed by atoms with Gasteiger partial charge in [-0.1, -0.05) is 63.3 Å². The fourth-order valence-electron chi connectivity index (χ4n) is 12.7. The second-order valence-corrected chi connectivity index (χ2v) is 16.5. The Labute approximate surface area is 261 Å². The van der Waals surface area contributed by atoms with Crippen LogP contribution in [0.15, 0.2) is 42.5 Å². The highest BCUT2D eigenvalue weighted by molar-refractivity contribution is 5.78. The van der Waals surface area contributed by atoms with E-state index in [2.05, 4.69) is 69.9 Å². The van der Waals surface area contributed by atoms with Crippen molar-refractivity contribution in [3.63, 3.8) is 0 Å². The Morgan fingerprint density at radius 1 is 0.907 bits per heavy atom. The number of fused-ring (bicyclic) bond motifs is 7. The van der Waals surface area contributed by atoms with Crippen molar-refractivity contribution in [1.29, 1.82) is 0 Å². The Morgan fingerprint density at radius 2 is 1.67 bits per heavy atom. The maximum atomic E-state index is 13.6. The van der Waals surface area contributed by atoms with Crippen LogP contribution in [-0.2, 0) is 16.1 Å². The molecular formula is C39H59NO3. The molecular weight excluding hydrogens is 530 g/mol. The van der Waals surface area contributed by atoms with E-state index in [0.29, 0.717) is 35.5 Å². The van der Waals surface area contributed by atoms with E-state index in [4.69, 9.17) is 4.74 Å². The van der Waals surface area contributed by atoms with Crippen LogP contribution in [0.1, 0.15) is 110 Å². The lowest BCUT2D eigenvalue weighted by Gasteiger charge is -2.71. The minimum atomic E-state index is -0.327. The summed E-state index contributed by atoms with van der Waals surface area (Å²) in [6.45, 7) is 16.6. The van der Waals surface area contributed by atoms with Gasteiger partial charge in [0.1, 0.15) is 0 Å². The summed E-state index contributed by atoms with van der Waals surface area (Å²) in [4.78, 5) is 13.6. The number of hydrogen-bond donors (Lipinski definition) is 2. The number of methoxy groups -OCH3 is 1. The smallest absolute Gasteiger partial charge is 0.312 e. The monoisotopic (exact) mass is 589 g/mol. The number of aliphatic hydroxyl groups excluding tert-OH is 1. The number of carbonyl (C=O) groups excluding carboxylic acids is 1. The van der Waals surface area contributed by atoms with Crippen LogP contribution in [0.4, 0.5) is 0 Å². The summed E-state index contributed by atoms with van der Waals surface area (Å²) in [6, 6.07) is 10.8. The van der Waals surface area contributed by atoms with Gasteiger partial charge in [-0.3, -0.25) is 4.79 Å². The number of allylic oxidation sites excluding steroid dienone is 1. The van der Waals surface area contributed by atoms with Gasteiger partial charge in [-0.2, -0.15) is 0 Å². The SMILES string of the molecule is C=C(C)[C@@H]1CCC2(C(=O)OC)CC[C@]3(C)C(CCC4[C@@]5(C)CC[C@H](O)CCC(CNCc6ccccc6)C5CC[C@]43C)C12. The first-order valence-corrected chi connectivity index (χ1v) is 17.7. The van der Waals surface area contributed by atoms with E-state index in [0.717, 1.165) is 64.5 Å². The van der Waals surface area contributed by atoms with Gasteiger partial charge in [0.2, 0.25) is 0 Å². The number of esters is 1. The molecule has 1 aromatic carbocycles. The quantitative estimate of drug-likeness (QED) is 0.259. The first-order chi connectivity index (χ1) is 20.5. The zero-order valence-electron chi connectivity index (χ0n) is 27.8. The molecule has 6 unspecified atom stereocenters. The number of rotatable bonds is 6. The van der Waals surface area contributed by atoms with E-state index in [1.807, 2.05) is 0 Å². The molecule has 6 rings (SSSR count). The second-order valence-electron chi connectivity index (χ2n) is 16.5. The Balaban J connectivity index is 1.30. The fraction of sp³-hybridized carbons (Fsp3) is 0.769. The van der Waals surface area contributed by atoms with Crippen LogP contribution in [0.5, 0.6) is 0 Å². The average Bonchev–Trinajstić information content (AvgIpc) is 3.40. The molecule has 4 nitrogen and oxygen atoms in total. The molecule has 11 atom stereocenters. The third kappa shape index (κ3) is 4.87. The number of nitrogens with one attached hydrogen (secondary N) is 1. The van der Waals surface area contributed by atoms with Crippen LogP contribution < -0.4 is 5.32 Å². The molecule has 0 radical (unpaired) electrons. The van der Waals surface area contributed by atoms with Crippen LogP contribution in [0.25, 0.3) is 0 Å². The fourth-order valence-corrected chi connectivity index (χ4v) is 12.7. The summed E-state index contributed by atoms with van der Waals surface area (Å²) in [5.41, 5.74) is 2.94. The van der Waals surface area contributed by atoms with Crippen LogP contribution in [0.3, 0.4) is 0 Å². The molecule has 5 aliphatic carbocycles. The van der Waals surface area contributed by atoms with E-state index in [1.54, 1.807) is 7.11 Å². The molecule has 4 heteroatoms. The summed E-state index contributed by atoms with van der Waals surface area (Å²) in [6.07, 6.45) is 13.1. The van der Waals surface area contributed by atoms with Gasteiger partial charge in [0.25, 0.3) is 0 Å². The minimum absolute atomic E-state index is 0.0473. The summed E-state index contributed by atoms with van der Waals surface area (Å²) < 4.78 is 5.56. The molecule has 5 saturated carbocycles. The third-order valence-electron chi connectivity index (χ3n) is 15.0. The lowest BCUT2D eigenvalue weighted by atomic mass is 9.33. The van der Waals surface area contributed by atoms with E-state index in [1.165, 1.54) is 36.8 Å². The molecule has 43 heavy (non-hydrogen) atoms. The lowest BCUT2D eigenvalue weighted by Crippen LogP contribution is -2.65. The number of hydrogen-bond acceptors (Lipinski definition) is 4.